The molecule has 1 rings (SSSR count). The molecule has 1 heteroatoms. The van der Waals surface area contributed by atoms with Crippen molar-refractivity contribution in [3.05, 3.63) is 59.8 Å². The molecule has 0 amide bonds. The highest BCUT2D eigenvalue weighted by atomic mass is 14.8. The molecule has 0 fully saturated rings. The molecular weight excluding hydrogens is 158 g/mol. The van der Waals surface area contributed by atoms with Crippen LogP contribution in [-0.2, 0) is 0 Å². The van der Waals surface area contributed by atoms with Crippen LogP contribution in [-0.4, -0.2) is 0 Å². The Morgan fingerprint density at radius 3 is 3.15 bits per heavy atom. The maximum atomic E-state index is 3.88. The summed E-state index contributed by atoms with van der Waals surface area (Å²) in [6, 6.07) is 0. The predicted octanol–water partition coefficient (Wildman–Crippen LogP) is 2.82. The Hall–Kier alpha value is -1.68. The number of hydrogen-bond acceptors (Lipinski definition) is 1. The normalized spacial score (nSPS) is 14.2. The Bertz CT molecular complexity index is 357. The fraction of sp³-hybridized carbons (Fsp3) is 0.167. The first-order chi connectivity index (χ1) is 6.24. The van der Waals surface area contributed by atoms with Gasteiger partial charge in [0, 0.05) is 11.3 Å². The third-order valence-electron chi connectivity index (χ3n) is 1.77. The predicted molar refractivity (Wildman–Crippen MR) is 56.0 cm³/mol. The molecule has 0 bridgehead atoms. The summed E-state index contributed by atoms with van der Waals surface area (Å²) in [6.07, 6.45) is 6.49. The van der Waals surface area contributed by atoms with Crippen LogP contribution >= 0.6 is 0 Å². The van der Waals surface area contributed by atoms with Crippen LogP contribution in [0.15, 0.2) is 59.8 Å². The standard InChI is InChI=1S/C12H13N/c1-4-13-11(3)12-7-5-6-10(2)8-9-12/h4,7,9,13H,1,3,8H2,2H3. The first-order valence-electron chi connectivity index (χ1n) is 4.18. The van der Waals surface area contributed by atoms with E-state index in [-0.39, 0.29) is 0 Å². The monoisotopic (exact) mass is 171 g/mol. The summed E-state index contributed by atoms with van der Waals surface area (Å²) >= 11 is 0. The maximum absolute atomic E-state index is 3.88. The SMILES string of the molecule is C=CNC(=C)C1=CCC(C)=C=C=C1. The van der Waals surface area contributed by atoms with Gasteiger partial charge in [-0.1, -0.05) is 30.7 Å². The molecule has 0 aromatic carbocycles. The molecule has 0 heterocycles. The maximum Gasteiger partial charge on any atom is 0.0383 e. The van der Waals surface area contributed by atoms with Crippen molar-refractivity contribution >= 4 is 0 Å². The molecule has 1 nitrogen and oxygen atoms in total. The lowest BCUT2D eigenvalue weighted by Gasteiger charge is -2.04. The Labute approximate surface area is 79.2 Å². The second kappa shape index (κ2) is 4.37. The fourth-order valence-electron chi connectivity index (χ4n) is 1.03. The van der Waals surface area contributed by atoms with E-state index in [9.17, 15) is 0 Å². The summed E-state index contributed by atoms with van der Waals surface area (Å²) in [7, 11) is 0. The smallest absolute Gasteiger partial charge is 0.0383 e. The van der Waals surface area contributed by atoms with Gasteiger partial charge in [-0.2, -0.15) is 0 Å². The summed E-state index contributed by atoms with van der Waals surface area (Å²) in [5.41, 5.74) is 9.08. The lowest BCUT2D eigenvalue weighted by molar-refractivity contribution is 1.09. The average Bonchev–Trinajstić information content (AvgIpc) is 2.30. The van der Waals surface area contributed by atoms with E-state index in [0.29, 0.717) is 0 Å². The van der Waals surface area contributed by atoms with Crippen LogP contribution in [0.25, 0.3) is 0 Å². The quantitative estimate of drug-likeness (QED) is 0.644. The Morgan fingerprint density at radius 2 is 2.46 bits per heavy atom. The van der Waals surface area contributed by atoms with Gasteiger partial charge in [-0.05, 0) is 31.2 Å². The van der Waals surface area contributed by atoms with E-state index in [1.165, 1.54) is 5.57 Å². The third kappa shape index (κ3) is 2.68. The van der Waals surface area contributed by atoms with Gasteiger partial charge in [-0.15, -0.1) is 0 Å². The molecule has 0 radical (unpaired) electrons. The zero-order valence-corrected chi connectivity index (χ0v) is 7.85. The van der Waals surface area contributed by atoms with E-state index in [2.05, 4.69) is 36.0 Å². The molecule has 0 aliphatic heterocycles. The first kappa shape index (κ1) is 9.41. The highest BCUT2D eigenvalue weighted by molar-refractivity contribution is 5.39. The largest absolute Gasteiger partial charge is 0.362 e. The molecule has 1 N–H and O–H groups in total. The van der Waals surface area contributed by atoms with Gasteiger partial charge in [0.1, 0.15) is 0 Å². The fourth-order valence-corrected chi connectivity index (χ4v) is 1.03. The first-order valence-corrected chi connectivity index (χ1v) is 4.18. The number of hydrogen-bond donors (Lipinski definition) is 1. The van der Waals surface area contributed by atoms with Crippen molar-refractivity contribution in [1.29, 1.82) is 0 Å². The Balaban J connectivity index is 2.82. The summed E-state index contributed by atoms with van der Waals surface area (Å²) in [6.45, 7) is 9.49. The second-order valence-corrected chi connectivity index (χ2v) is 2.88. The van der Waals surface area contributed by atoms with Gasteiger partial charge in [0.15, 0.2) is 0 Å². The molecule has 0 spiro atoms. The number of allylic oxidation sites excluding steroid dienone is 3. The van der Waals surface area contributed by atoms with Crippen molar-refractivity contribution < 1.29 is 0 Å². The van der Waals surface area contributed by atoms with Gasteiger partial charge in [0.05, 0.1) is 0 Å². The van der Waals surface area contributed by atoms with E-state index in [0.717, 1.165) is 17.7 Å². The lowest BCUT2D eigenvalue weighted by atomic mass is 10.1. The van der Waals surface area contributed by atoms with Crippen LogP contribution in [0.5, 0.6) is 0 Å². The van der Waals surface area contributed by atoms with Crippen LogP contribution < -0.4 is 5.32 Å². The topological polar surface area (TPSA) is 12.0 Å². The highest BCUT2D eigenvalue weighted by Crippen LogP contribution is 2.12. The second-order valence-electron chi connectivity index (χ2n) is 2.88. The van der Waals surface area contributed by atoms with Crippen molar-refractivity contribution in [2.24, 2.45) is 0 Å². The van der Waals surface area contributed by atoms with Crippen LogP contribution in [0.1, 0.15) is 13.3 Å². The van der Waals surface area contributed by atoms with Gasteiger partial charge >= 0.3 is 0 Å². The summed E-state index contributed by atoms with van der Waals surface area (Å²) < 4.78 is 0. The zero-order chi connectivity index (χ0) is 9.68. The summed E-state index contributed by atoms with van der Waals surface area (Å²) in [5, 5.41) is 2.95. The molecule has 13 heavy (non-hydrogen) atoms. The summed E-state index contributed by atoms with van der Waals surface area (Å²) in [5.74, 6) is 0. The van der Waals surface area contributed by atoms with Crippen molar-refractivity contribution in [3.63, 3.8) is 0 Å². The Morgan fingerprint density at radius 1 is 1.69 bits per heavy atom. The molecule has 1 aliphatic carbocycles. The molecule has 0 aromatic heterocycles. The van der Waals surface area contributed by atoms with Crippen LogP contribution in [0.4, 0.5) is 0 Å². The van der Waals surface area contributed by atoms with Crippen molar-refractivity contribution in [2.45, 2.75) is 13.3 Å². The molecule has 0 aromatic rings. The molecule has 0 atom stereocenters. The van der Waals surface area contributed by atoms with E-state index >= 15 is 0 Å². The van der Waals surface area contributed by atoms with Crippen molar-refractivity contribution in [2.75, 3.05) is 0 Å². The van der Waals surface area contributed by atoms with Crippen LogP contribution in [0.3, 0.4) is 0 Å². The van der Waals surface area contributed by atoms with E-state index in [4.69, 9.17) is 0 Å². The van der Waals surface area contributed by atoms with Gasteiger partial charge in [0.2, 0.25) is 0 Å². The minimum atomic E-state index is 0.846. The van der Waals surface area contributed by atoms with Gasteiger partial charge in [0.25, 0.3) is 0 Å². The molecular formula is C12H13N. The van der Waals surface area contributed by atoms with Crippen molar-refractivity contribution in [3.8, 4) is 0 Å². The molecule has 1 aliphatic rings. The Kier molecular flexibility index (Phi) is 3.16. The third-order valence-corrected chi connectivity index (χ3v) is 1.77. The molecule has 0 unspecified atom stereocenters. The van der Waals surface area contributed by atoms with E-state index < -0.39 is 0 Å². The van der Waals surface area contributed by atoms with E-state index in [1.807, 2.05) is 13.0 Å². The average molecular weight is 171 g/mol. The van der Waals surface area contributed by atoms with Gasteiger partial charge < -0.3 is 5.32 Å². The van der Waals surface area contributed by atoms with Crippen molar-refractivity contribution in [1.82, 2.24) is 5.32 Å². The summed E-state index contributed by atoms with van der Waals surface area (Å²) in [4.78, 5) is 0. The minimum absolute atomic E-state index is 0.846. The van der Waals surface area contributed by atoms with Gasteiger partial charge in [-0.3, -0.25) is 0 Å². The molecule has 0 saturated heterocycles. The number of nitrogens with one attached hydrogen (secondary N) is 1. The van der Waals surface area contributed by atoms with Gasteiger partial charge in [-0.25, -0.2) is 0 Å². The van der Waals surface area contributed by atoms with E-state index in [1.54, 1.807) is 6.20 Å². The minimum Gasteiger partial charge on any atom is -0.362 e. The van der Waals surface area contributed by atoms with Crippen LogP contribution in [0, 0.1) is 0 Å². The lowest BCUT2D eigenvalue weighted by Crippen LogP contribution is -2.03. The zero-order valence-electron chi connectivity index (χ0n) is 7.85. The van der Waals surface area contributed by atoms with Crippen LogP contribution in [0.2, 0.25) is 0 Å². The molecule has 0 saturated carbocycles. The highest BCUT2D eigenvalue weighted by Gasteiger charge is 1.98. The molecule has 66 valence electrons. The number of rotatable bonds is 3.